The number of rotatable bonds is 6. The average Bonchev–Trinajstić information content (AvgIpc) is 2.03. The Balaban J connectivity index is 3.51. The van der Waals surface area contributed by atoms with E-state index in [1.54, 1.807) is 0 Å². The Morgan fingerprint density at radius 3 is 2.18 bits per heavy atom. The molecule has 1 N–H and O–H groups in total. The fraction of sp³-hybridized carbons (Fsp3) is 1.00. The van der Waals surface area contributed by atoms with E-state index in [1.165, 1.54) is 14.2 Å². The van der Waals surface area contributed by atoms with Crippen LogP contribution in [0.15, 0.2) is 0 Å². The largest absolute Gasteiger partial charge is 0.385 e. The number of hydrogen-bond acceptors (Lipinski definition) is 4. The molecule has 0 spiro atoms. The zero-order chi connectivity index (χ0) is 8.69. The lowest BCUT2D eigenvalue weighted by Crippen LogP contribution is -2.33. The van der Waals surface area contributed by atoms with Gasteiger partial charge >= 0.3 is 0 Å². The van der Waals surface area contributed by atoms with Gasteiger partial charge in [0, 0.05) is 20.8 Å². The minimum absolute atomic E-state index is 0.239. The molecule has 1 atom stereocenters. The van der Waals surface area contributed by atoms with Crippen molar-refractivity contribution in [1.29, 1.82) is 0 Å². The van der Waals surface area contributed by atoms with Gasteiger partial charge in [-0.3, -0.25) is 0 Å². The summed E-state index contributed by atoms with van der Waals surface area (Å²) in [7, 11) is 2.95. The highest BCUT2D eigenvalue weighted by molar-refractivity contribution is 4.57. The highest BCUT2D eigenvalue weighted by Gasteiger charge is 2.17. The molecule has 0 radical (unpaired) electrons. The van der Waals surface area contributed by atoms with E-state index in [0.29, 0.717) is 6.61 Å². The monoisotopic (exact) mass is 164 g/mol. The fourth-order valence-corrected chi connectivity index (χ4v) is 0.728. The number of methoxy groups -OCH3 is 2. The van der Waals surface area contributed by atoms with Crippen LogP contribution in [-0.2, 0) is 14.2 Å². The standard InChI is InChI=1S/C7H16O4/c1-4-11-5-6(8)7(9-2)10-3/h6-8H,4-5H2,1-3H3. The second-order valence-corrected chi connectivity index (χ2v) is 2.07. The molecule has 0 fully saturated rings. The molecule has 0 saturated carbocycles. The van der Waals surface area contributed by atoms with Crippen LogP contribution >= 0.6 is 0 Å². The van der Waals surface area contributed by atoms with E-state index in [-0.39, 0.29) is 6.61 Å². The van der Waals surface area contributed by atoms with Crippen molar-refractivity contribution in [2.75, 3.05) is 27.4 Å². The summed E-state index contributed by atoms with van der Waals surface area (Å²) >= 11 is 0. The topological polar surface area (TPSA) is 47.9 Å². The van der Waals surface area contributed by atoms with Gasteiger partial charge < -0.3 is 19.3 Å². The quantitative estimate of drug-likeness (QED) is 0.561. The van der Waals surface area contributed by atoms with Gasteiger partial charge in [0.25, 0.3) is 0 Å². The molecular weight excluding hydrogens is 148 g/mol. The molecular formula is C7H16O4. The normalized spacial score (nSPS) is 13.9. The van der Waals surface area contributed by atoms with Crippen molar-refractivity contribution in [2.24, 2.45) is 0 Å². The van der Waals surface area contributed by atoms with Crippen LogP contribution in [0.1, 0.15) is 6.92 Å². The van der Waals surface area contributed by atoms with Gasteiger partial charge in [-0.05, 0) is 6.92 Å². The van der Waals surface area contributed by atoms with E-state index in [9.17, 15) is 5.11 Å². The Morgan fingerprint density at radius 1 is 1.27 bits per heavy atom. The van der Waals surface area contributed by atoms with Crippen LogP contribution in [0, 0.1) is 0 Å². The van der Waals surface area contributed by atoms with Crippen molar-refractivity contribution in [2.45, 2.75) is 19.3 Å². The minimum atomic E-state index is -0.718. The predicted octanol–water partition coefficient (Wildman–Crippen LogP) is 0.00270. The lowest BCUT2D eigenvalue weighted by atomic mass is 10.4. The van der Waals surface area contributed by atoms with Crippen molar-refractivity contribution in [3.05, 3.63) is 0 Å². The van der Waals surface area contributed by atoms with Crippen molar-refractivity contribution in [3.8, 4) is 0 Å². The molecule has 0 amide bonds. The second-order valence-electron chi connectivity index (χ2n) is 2.07. The molecule has 0 heterocycles. The summed E-state index contributed by atoms with van der Waals surface area (Å²) in [5.41, 5.74) is 0. The Hall–Kier alpha value is -0.160. The summed E-state index contributed by atoms with van der Waals surface area (Å²) in [4.78, 5) is 0. The lowest BCUT2D eigenvalue weighted by molar-refractivity contribution is -0.177. The predicted molar refractivity (Wildman–Crippen MR) is 40.3 cm³/mol. The third-order valence-electron chi connectivity index (χ3n) is 1.27. The van der Waals surface area contributed by atoms with Gasteiger partial charge in [-0.15, -0.1) is 0 Å². The summed E-state index contributed by atoms with van der Waals surface area (Å²) in [6, 6.07) is 0. The average molecular weight is 164 g/mol. The molecule has 0 aliphatic heterocycles. The first kappa shape index (κ1) is 10.8. The maximum absolute atomic E-state index is 9.27. The van der Waals surface area contributed by atoms with Crippen LogP contribution in [0.3, 0.4) is 0 Å². The van der Waals surface area contributed by atoms with E-state index in [2.05, 4.69) is 0 Å². The van der Waals surface area contributed by atoms with Crippen LogP contribution < -0.4 is 0 Å². The van der Waals surface area contributed by atoms with Gasteiger partial charge in [0.1, 0.15) is 6.10 Å². The maximum atomic E-state index is 9.27. The molecule has 0 rings (SSSR count). The van der Waals surface area contributed by atoms with Gasteiger partial charge in [0.2, 0.25) is 0 Å². The molecule has 4 heteroatoms. The van der Waals surface area contributed by atoms with Crippen molar-refractivity contribution < 1.29 is 19.3 Å². The highest BCUT2D eigenvalue weighted by atomic mass is 16.7. The molecule has 1 unspecified atom stereocenters. The van der Waals surface area contributed by atoms with Gasteiger partial charge in [0.05, 0.1) is 6.61 Å². The summed E-state index contributed by atoms with van der Waals surface area (Å²) < 4.78 is 14.6. The van der Waals surface area contributed by atoms with E-state index in [0.717, 1.165) is 0 Å². The minimum Gasteiger partial charge on any atom is -0.385 e. The molecule has 0 aromatic rings. The summed E-state index contributed by atoms with van der Waals surface area (Å²) in [6.07, 6.45) is -1.31. The molecule has 0 aromatic heterocycles. The second kappa shape index (κ2) is 6.54. The SMILES string of the molecule is CCOCC(O)C(OC)OC. The summed E-state index contributed by atoms with van der Waals surface area (Å²) in [6.45, 7) is 2.68. The summed E-state index contributed by atoms with van der Waals surface area (Å²) in [5.74, 6) is 0. The molecule has 0 bridgehead atoms. The van der Waals surface area contributed by atoms with E-state index >= 15 is 0 Å². The zero-order valence-electron chi connectivity index (χ0n) is 7.24. The molecule has 0 aliphatic carbocycles. The van der Waals surface area contributed by atoms with E-state index in [1.807, 2.05) is 6.92 Å². The van der Waals surface area contributed by atoms with Crippen molar-refractivity contribution in [3.63, 3.8) is 0 Å². The van der Waals surface area contributed by atoms with Gasteiger partial charge in [-0.1, -0.05) is 0 Å². The maximum Gasteiger partial charge on any atom is 0.184 e. The number of aliphatic hydroxyl groups is 1. The van der Waals surface area contributed by atoms with Gasteiger partial charge in [-0.2, -0.15) is 0 Å². The highest BCUT2D eigenvalue weighted by Crippen LogP contribution is 1.99. The van der Waals surface area contributed by atoms with Gasteiger partial charge in [-0.25, -0.2) is 0 Å². The Morgan fingerprint density at radius 2 is 1.82 bits per heavy atom. The molecule has 11 heavy (non-hydrogen) atoms. The number of aliphatic hydroxyl groups excluding tert-OH is 1. The smallest absolute Gasteiger partial charge is 0.184 e. The van der Waals surface area contributed by atoms with Gasteiger partial charge in [0.15, 0.2) is 6.29 Å². The first-order chi connectivity index (χ1) is 5.26. The molecule has 0 aromatic carbocycles. The third kappa shape index (κ3) is 4.31. The van der Waals surface area contributed by atoms with E-state index in [4.69, 9.17) is 14.2 Å². The van der Waals surface area contributed by atoms with Crippen LogP contribution in [0.4, 0.5) is 0 Å². The Bertz CT molecular complexity index is 82.5. The molecule has 68 valence electrons. The molecule has 0 aliphatic rings. The number of hydrogen-bond donors (Lipinski definition) is 1. The number of ether oxygens (including phenoxy) is 3. The molecule has 4 nitrogen and oxygen atoms in total. The first-order valence-corrected chi connectivity index (χ1v) is 3.57. The van der Waals surface area contributed by atoms with Crippen molar-refractivity contribution in [1.82, 2.24) is 0 Å². The Kier molecular flexibility index (Phi) is 6.45. The summed E-state index contributed by atoms with van der Waals surface area (Å²) in [5, 5.41) is 9.27. The van der Waals surface area contributed by atoms with Crippen LogP contribution in [-0.4, -0.2) is 44.9 Å². The van der Waals surface area contributed by atoms with Crippen LogP contribution in [0.25, 0.3) is 0 Å². The van der Waals surface area contributed by atoms with E-state index < -0.39 is 12.4 Å². The van der Waals surface area contributed by atoms with Crippen molar-refractivity contribution >= 4 is 0 Å². The lowest BCUT2D eigenvalue weighted by Gasteiger charge is -2.19. The first-order valence-electron chi connectivity index (χ1n) is 3.57. The third-order valence-corrected chi connectivity index (χ3v) is 1.27. The van der Waals surface area contributed by atoms with Crippen LogP contribution in [0.2, 0.25) is 0 Å². The fourth-order valence-electron chi connectivity index (χ4n) is 0.728. The zero-order valence-corrected chi connectivity index (χ0v) is 7.24. The Labute approximate surface area is 67.1 Å². The van der Waals surface area contributed by atoms with Crippen LogP contribution in [0.5, 0.6) is 0 Å². The molecule has 0 saturated heterocycles.